The molecule has 0 atom stereocenters. The summed E-state index contributed by atoms with van der Waals surface area (Å²) >= 11 is 0. The highest BCUT2D eigenvalue weighted by Crippen LogP contribution is 2.24. The van der Waals surface area contributed by atoms with Crippen LogP contribution < -0.4 is 9.64 Å². The number of benzene rings is 1. The second-order valence-electron chi connectivity index (χ2n) is 6.16. The SMILES string of the molecule is CCOC(=O)c1cccnc1N1CCN(S(=O)(=O)c2ccc(OC)cc2)CC1. The largest absolute Gasteiger partial charge is 0.497 e. The van der Waals surface area contributed by atoms with Crippen molar-refractivity contribution in [3.05, 3.63) is 48.2 Å². The fourth-order valence-corrected chi connectivity index (χ4v) is 4.48. The second kappa shape index (κ2) is 8.57. The van der Waals surface area contributed by atoms with Gasteiger partial charge in [-0.2, -0.15) is 4.31 Å². The first-order valence-electron chi connectivity index (χ1n) is 8.98. The molecule has 0 saturated carbocycles. The van der Waals surface area contributed by atoms with Gasteiger partial charge < -0.3 is 14.4 Å². The molecule has 3 rings (SSSR count). The van der Waals surface area contributed by atoms with Gasteiger partial charge in [0.25, 0.3) is 0 Å². The molecule has 0 radical (unpaired) electrons. The molecule has 0 N–H and O–H groups in total. The number of rotatable bonds is 6. The van der Waals surface area contributed by atoms with Crippen molar-refractivity contribution in [2.45, 2.75) is 11.8 Å². The van der Waals surface area contributed by atoms with Gasteiger partial charge in [0.15, 0.2) is 0 Å². The molecule has 1 aliphatic heterocycles. The molecule has 1 aromatic heterocycles. The standard InChI is InChI=1S/C19H23N3O5S/c1-3-27-19(23)17-5-4-10-20-18(17)21-11-13-22(14-12-21)28(24,25)16-8-6-15(26-2)7-9-16/h4-10H,3,11-14H2,1-2H3. The van der Waals surface area contributed by atoms with Crippen LogP contribution in [0.25, 0.3) is 0 Å². The van der Waals surface area contributed by atoms with Gasteiger partial charge in [-0.1, -0.05) is 0 Å². The lowest BCUT2D eigenvalue weighted by Gasteiger charge is -2.35. The number of methoxy groups -OCH3 is 1. The normalized spacial score (nSPS) is 15.3. The maximum Gasteiger partial charge on any atom is 0.341 e. The van der Waals surface area contributed by atoms with Crippen molar-refractivity contribution in [1.82, 2.24) is 9.29 Å². The number of hydrogen-bond acceptors (Lipinski definition) is 7. The number of anilines is 1. The van der Waals surface area contributed by atoms with Crippen LogP contribution in [0.15, 0.2) is 47.5 Å². The molecule has 0 amide bonds. The van der Waals surface area contributed by atoms with Crippen molar-refractivity contribution in [2.24, 2.45) is 0 Å². The summed E-state index contributed by atoms with van der Waals surface area (Å²) in [5.74, 6) is 0.687. The average Bonchev–Trinajstić information content (AvgIpc) is 2.74. The minimum atomic E-state index is -3.59. The molecular weight excluding hydrogens is 382 g/mol. The van der Waals surface area contributed by atoms with Crippen LogP contribution in [0.4, 0.5) is 5.82 Å². The van der Waals surface area contributed by atoms with E-state index < -0.39 is 16.0 Å². The number of esters is 1. The highest BCUT2D eigenvalue weighted by molar-refractivity contribution is 7.89. The van der Waals surface area contributed by atoms with Crippen molar-refractivity contribution < 1.29 is 22.7 Å². The molecule has 2 aromatic rings. The number of aromatic nitrogens is 1. The van der Waals surface area contributed by atoms with Gasteiger partial charge in [-0.3, -0.25) is 0 Å². The van der Waals surface area contributed by atoms with E-state index in [1.54, 1.807) is 37.4 Å². The number of carbonyl (C=O) groups excluding carboxylic acids is 1. The van der Waals surface area contributed by atoms with Crippen molar-refractivity contribution in [3.8, 4) is 5.75 Å². The van der Waals surface area contributed by atoms with Crippen LogP contribution in [-0.4, -0.2) is 63.6 Å². The number of nitrogens with zero attached hydrogens (tertiary/aromatic N) is 3. The first kappa shape index (κ1) is 20.1. The Hall–Kier alpha value is -2.65. The van der Waals surface area contributed by atoms with E-state index in [1.165, 1.54) is 23.5 Å². The molecule has 0 aliphatic carbocycles. The van der Waals surface area contributed by atoms with Crippen molar-refractivity contribution in [1.29, 1.82) is 0 Å². The third-order valence-electron chi connectivity index (χ3n) is 4.52. The highest BCUT2D eigenvalue weighted by Gasteiger charge is 2.30. The topological polar surface area (TPSA) is 89.0 Å². The Kier molecular flexibility index (Phi) is 6.15. The molecule has 1 aliphatic rings. The van der Waals surface area contributed by atoms with Gasteiger partial charge in [0.2, 0.25) is 10.0 Å². The second-order valence-corrected chi connectivity index (χ2v) is 8.10. The van der Waals surface area contributed by atoms with Crippen LogP contribution >= 0.6 is 0 Å². The van der Waals surface area contributed by atoms with Crippen molar-refractivity contribution in [2.75, 3.05) is 44.8 Å². The monoisotopic (exact) mass is 405 g/mol. The van der Waals surface area contributed by atoms with Crippen LogP contribution in [0.5, 0.6) is 5.75 Å². The Morgan fingerprint density at radius 1 is 1.11 bits per heavy atom. The summed E-state index contributed by atoms with van der Waals surface area (Å²) in [6, 6.07) is 9.68. The number of hydrogen-bond donors (Lipinski definition) is 0. The molecule has 0 unspecified atom stereocenters. The third-order valence-corrected chi connectivity index (χ3v) is 6.43. The maximum absolute atomic E-state index is 12.9. The zero-order valence-corrected chi connectivity index (χ0v) is 16.7. The van der Waals surface area contributed by atoms with E-state index in [2.05, 4.69) is 4.98 Å². The van der Waals surface area contributed by atoms with Crippen molar-refractivity contribution in [3.63, 3.8) is 0 Å². The van der Waals surface area contributed by atoms with Gasteiger partial charge >= 0.3 is 5.97 Å². The summed E-state index contributed by atoms with van der Waals surface area (Å²) in [5.41, 5.74) is 0.385. The lowest BCUT2D eigenvalue weighted by molar-refractivity contribution is 0.0526. The molecule has 9 heteroatoms. The Morgan fingerprint density at radius 3 is 2.39 bits per heavy atom. The smallest absolute Gasteiger partial charge is 0.341 e. The molecule has 1 aromatic carbocycles. The van der Waals surface area contributed by atoms with Crippen molar-refractivity contribution >= 4 is 21.8 Å². The molecule has 28 heavy (non-hydrogen) atoms. The van der Waals surface area contributed by atoms with E-state index in [1.807, 2.05) is 4.90 Å². The maximum atomic E-state index is 12.9. The zero-order valence-electron chi connectivity index (χ0n) is 15.9. The Labute approximate surface area is 164 Å². The van der Waals surface area contributed by atoms with E-state index in [0.717, 1.165) is 0 Å². The van der Waals surface area contributed by atoms with Gasteiger partial charge in [0.05, 0.1) is 18.6 Å². The molecule has 1 saturated heterocycles. The predicted octanol–water partition coefficient (Wildman–Crippen LogP) is 1.78. The van der Waals surface area contributed by atoms with Crippen LogP contribution in [-0.2, 0) is 14.8 Å². The summed E-state index contributed by atoms with van der Waals surface area (Å²) in [6.45, 7) is 3.48. The summed E-state index contributed by atoms with van der Waals surface area (Å²) in [5, 5.41) is 0. The fraction of sp³-hybridized carbons (Fsp3) is 0.368. The van der Waals surface area contributed by atoms with E-state index >= 15 is 0 Å². The minimum Gasteiger partial charge on any atom is -0.497 e. The first-order valence-corrected chi connectivity index (χ1v) is 10.4. The molecule has 1 fully saturated rings. The number of pyridine rings is 1. The lowest BCUT2D eigenvalue weighted by atomic mass is 10.2. The summed E-state index contributed by atoms with van der Waals surface area (Å²) in [7, 11) is -2.06. The zero-order chi connectivity index (χ0) is 20.1. The van der Waals surface area contributed by atoms with Gasteiger partial charge in [-0.25, -0.2) is 18.2 Å². The average molecular weight is 405 g/mol. The highest BCUT2D eigenvalue weighted by atomic mass is 32.2. The van der Waals surface area contributed by atoms with Gasteiger partial charge in [0, 0.05) is 32.4 Å². The predicted molar refractivity (Wildman–Crippen MR) is 104 cm³/mol. The van der Waals surface area contributed by atoms with E-state index in [0.29, 0.717) is 43.3 Å². The lowest BCUT2D eigenvalue weighted by Crippen LogP contribution is -2.49. The van der Waals surface area contributed by atoms with E-state index in [9.17, 15) is 13.2 Å². The Morgan fingerprint density at radius 2 is 1.79 bits per heavy atom. The van der Waals surface area contributed by atoms with Crippen LogP contribution in [0.1, 0.15) is 17.3 Å². The fourth-order valence-electron chi connectivity index (χ4n) is 3.05. The molecule has 0 spiro atoms. The molecule has 2 heterocycles. The van der Waals surface area contributed by atoms with Crippen LogP contribution in [0, 0.1) is 0 Å². The quantitative estimate of drug-likeness (QED) is 0.677. The summed E-state index contributed by atoms with van der Waals surface area (Å²) in [6.07, 6.45) is 1.61. The summed E-state index contributed by atoms with van der Waals surface area (Å²) < 4.78 is 37.3. The molecule has 8 nitrogen and oxygen atoms in total. The number of sulfonamides is 1. The van der Waals surface area contributed by atoms with E-state index in [4.69, 9.17) is 9.47 Å². The van der Waals surface area contributed by atoms with Crippen LogP contribution in [0.2, 0.25) is 0 Å². The number of carbonyl (C=O) groups is 1. The summed E-state index contributed by atoms with van der Waals surface area (Å²) in [4.78, 5) is 18.6. The first-order chi connectivity index (χ1) is 13.5. The minimum absolute atomic E-state index is 0.229. The molecule has 150 valence electrons. The Bertz CT molecular complexity index is 923. The van der Waals surface area contributed by atoms with Gasteiger partial charge in [0.1, 0.15) is 17.1 Å². The Balaban J connectivity index is 1.73. The number of piperazine rings is 1. The van der Waals surface area contributed by atoms with Gasteiger partial charge in [-0.05, 0) is 43.3 Å². The number of ether oxygens (including phenoxy) is 2. The van der Waals surface area contributed by atoms with Crippen LogP contribution in [0.3, 0.4) is 0 Å². The van der Waals surface area contributed by atoms with Gasteiger partial charge in [-0.15, -0.1) is 0 Å². The van der Waals surface area contributed by atoms with E-state index in [-0.39, 0.29) is 11.5 Å². The molecular formula is C19H23N3O5S. The third kappa shape index (κ3) is 4.10. The molecule has 0 bridgehead atoms.